The predicted molar refractivity (Wildman–Crippen MR) is 58.9 cm³/mol. The Morgan fingerprint density at radius 1 is 1.50 bits per heavy atom. The van der Waals surface area contributed by atoms with Crippen LogP contribution in [-0.4, -0.2) is 18.8 Å². The van der Waals surface area contributed by atoms with Crippen LogP contribution in [-0.2, 0) is 4.74 Å². The second-order valence-electron chi connectivity index (χ2n) is 3.63. The zero-order valence-corrected chi connectivity index (χ0v) is 8.92. The van der Waals surface area contributed by atoms with Gasteiger partial charge in [0.2, 0.25) is 0 Å². The Hall–Kier alpha value is -0.730. The Labute approximate surface area is 89.2 Å². The average Bonchev–Trinajstić information content (AvgIpc) is 2.52. The smallest absolute Gasteiger partial charge is 0.0748 e. The molecule has 1 N–H and O–H groups in total. The molecule has 0 spiro atoms. The van der Waals surface area contributed by atoms with Crippen molar-refractivity contribution in [3.8, 4) is 0 Å². The zero-order chi connectivity index (χ0) is 9.97. The number of rotatable bonds is 2. The molecule has 76 valence electrons. The molecule has 0 bridgehead atoms. The van der Waals surface area contributed by atoms with E-state index in [-0.39, 0.29) is 6.10 Å². The molecule has 1 aromatic rings. The zero-order valence-electron chi connectivity index (χ0n) is 8.16. The maximum Gasteiger partial charge on any atom is 0.0748 e. The van der Waals surface area contributed by atoms with Gasteiger partial charge in [-0.25, -0.2) is 0 Å². The molecule has 2 atom stereocenters. The van der Waals surface area contributed by atoms with Crippen LogP contribution in [0.1, 0.15) is 13.3 Å². The van der Waals surface area contributed by atoms with Gasteiger partial charge in [-0.05, 0) is 31.5 Å². The molecule has 1 saturated heterocycles. The summed E-state index contributed by atoms with van der Waals surface area (Å²) in [5.74, 6) is 0. The van der Waals surface area contributed by atoms with E-state index >= 15 is 0 Å². The Morgan fingerprint density at radius 3 is 3.00 bits per heavy atom. The number of hydrogen-bond donors (Lipinski definition) is 1. The number of hydrogen-bond acceptors (Lipinski definition) is 2. The van der Waals surface area contributed by atoms with Crippen molar-refractivity contribution in [3.05, 3.63) is 29.3 Å². The number of halogens is 1. The first-order valence-electron chi connectivity index (χ1n) is 4.89. The molecule has 14 heavy (non-hydrogen) atoms. The lowest BCUT2D eigenvalue weighted by atomic mass is 10.1. The summed E-state index contributed by atoms with van der Waals surface area (Å²) < 4.78 is 5.47. The highest BCUT2D eigenvalue weighted by Gasteiger charge is 2.23. The van der Waals surface area contributed by atoms with Crippen LogP contribution >= 0.6 is 11.6 Å². The van der Waals surface area contributed by atoms with E-state index in [0.717, 1.165) is 23.7 Å². The summed E-state index contributed by atoms with van der Waals surface area (Å²) >= 11 is 5.90. The highest BCUT2D eigenvalue weighted by molar-refractivity contribution is 6.30. The maximum absolute atomic E-state index is 5.90. The Morgan fingerprint density at radius 2 is 2.36 bits per heavy atom. The Kier molecular flexibility index (Phi) is 2.94. The minimum absolute atomic E-state index is 0.286. The number of nitrogens with one attached hydrogen (secondary N) is 1. The molecular weight excluding hydrogens is 198 g/mol. The van der Waals surface area contributed by atoms with Crippen molar-refractivity contribution >= 4 is 17.3 Å². The summed E-state index contributed by atoms with van der Waals surface area (Å²) in [5.41, 5.74) is 1.07. The van der Waals surface area contributed by atoms with Gasteiger partial charge in [0.25, 0.3) is 0 Å². The second kappa shape index (κ2) is 4.20. The SMILES string of the molecule is CC1OCCC1Nc1cccc(Cl)c1. The quantitative estimate of drug-likeness (QED) is 0.812. The van der Waals surface area contributed by atoms with Gasteiger partial charge >= 0.3 is 0 Å². The van der Waals surface area contributed by atoms with E-state index in [4.69, 9.17) is 16.3 Å². The van der Waals surface area contributed by atoms with E-state index in [2.05, 4.69) is 12.2 Å². The van der Waals surface area contributed by atoms with E-state index in [0.29, 0.717) is 6.04 Å². The van der Waals surface area contributed by atoms with Crippen LogP contribution in [0.15, 0.2) is 24.3 Å². The molecule has 2 rings (SSSR count). The molecule has 1 aliphatic rings. The van der Waals surface area contributed by atoms with Gasteiger partial charge in [-0.1, -0.05) is 17.7 Å². The highest BCUT2D eigenvalue weighted by atomic mass is 35.5. The Balaban J connectivity index is 2.03. The fourth-order valence-corrected chi connectivity index (χ4v) is 1.90. The van der Waals surface area contributed by atoms with Crippen molar-refractivity contribution in [1.29, 1.82) is 0 Å². The minimum Gasteiger partial charge on any atom is -0.380 e. The van der Waals surface area contributed by atoms with Crippen LogP contribution in [0.2, 0.25) is 5.02 Å². The first-order valence-corrected chi connectivity index (χ1v) is 5.27. The largest absolute Gasteiger partial charge is 0.380 e. The lowest BCUT2D eigenvalue weighted by Crippen LogP contribution is -2.26. The first-order chi connectivity index (χ1) is 6.75. The third kappa shape index (κ3) is 2.20. The molecule has 0 aliphatic carbocycles. The molecule has 0 saturated carbocycles. The molecule has 2 nitrogen and oxygen atoms in total. The lowest BCUT2D eigenvalue weighted by Gasteiger charge is -2.17. The molecule has 0 amide bonds. The van der Waals surface area contributed by atoms with Crippen molar-refractivity contribution in [2.75, 3.05) is 11.9 Å². The first kappa shape index (κ1) is 9.81. The van der Waals surface area contributed by atoms with Gasteiger partial charge in [-0.2, -0.15) is 0 Å². The van der Waals surface area contributed by atoms with Crippen LogP contribution in [0.25, 0.3) is 0 Å². The number of benzene rings is 1. The predicted octanol–water partition coefficient (Wildman–Crippen LogP) is 2.93. The van der Waals surface area contributed by atoms with Crippen molar-refractivity contribution in [1.82, 2.24) is 0 Å². The van der Waals surface area contributed by atoms with Gasteiger partial charge in [-0.3, -0.25) is 0 Å². The van der Waals surface area contributed by atoms with Gasteiger partial charge < -0.3 is 10.1 Å². The summed E-state index contributed by atoms with van der Waals surface area (Å²) in [6.45, 7) is 2.94. The van der Waals surface area contributed by atoms with Crippen molar-refractivity contribution in [2.45, 2.75) is 25.5 Å². The summed E-state index contributed by atoms with van der Waals surface area (Å²) in [6.07, 6.45) is 1.35. The standard InChI is InChI=1S/C11H14ClNO/c1-8-11(5-6-14-8)13-10-4-2-3-9(12)7-10/h2-4,7-8,11,13H,5-6H2,1H3. The molecule has 1 aromatic carbocycles. The maximum atomic E-state index is 5.90. The van der Waals surface area contributed by atoms with Crippen molar-refractivity contribution in [2.24, 2.45) is 0 Å². The highest BCUT2D eigenvalue weighted by Crippen LogP contribution is 2.21. The fraction of sp³-hybridized carbons (Fsp3) is 0.455. The molecule has 1 aliphatic heterocycles. The van der Waals surface area contributed by atoms with Gasteiger partial charge in [0, 0.05) is 17.3 Å². The third-order valence-corrected chi connectivity index (χ3v) is 2.79. The molecule has 0 aromatic heterocycles. The minimum atomic E-state index is 0.286. The molecule has 3 heteroatoms. The van der Waals surface area contributed by atoms with E-state index in [1.54, 1.807) is 0 Å². The van der Waals surface area contributed by atoms with E-state index in [1.807, 2.05) is 24.3 Å². The molecule has 1 heterocycles. The van der Waals surface area contributed by atoms with Crippen LogP contribution in [0, 0.1) is 0 Å². The third-order valence-electron chi connectivity index (χ3n) is 2.55. The topological polar surface area (TPSA) is 21.3 Å². The van der Waals surface area contributed by atoms with Gasteiger partial charge in [0.15, 0.2) is 0 Å². The van der Waals surface area contributed by atoms with E-state index in [9.17, 15) is 0 Å². The van der Waals surface area contributed by atoms with E-state index < -0.39 is 0 Å². The summed E-state index contributed by atoms with van der Waals surface area (Å²) in [5, 5.41) is 4.19. The monoisotopic (exact) mass is 211 g/mol. The van der Waals surface area contributed by atoms with Gasteiger partial charge in [-0.15, -0.1) is 0 Å². The van der Waals surface area contributed by atoms with Crippen LogP contribution in [0.3, 0.4) is 0 Å². The number of ether oxygens (including phenoxy) is 1. The Bertz CT molecular complexity index is 316. The van der Waals surface area contributed by atoms with Crippen molar-refractivity contribution < 1.29 is 4.74 Å². The number of anilines is 1. The summed E-state index contributed by atoms with van der Waals surface area (Å²) in [6, 6.07) is 8.20. The molecule has 2 unspecified atom stereocenters. The van der Waals surface area contributed by atoms with Crippen LogP contribution < -0.4 is 5.32 Å². The normalized spacial score (nSPS) is 26.4. The van der Waals surface area contributed by atoms with Crippen molar-refractivity contribution in [3.63, 3.8) is 0 Å². The summed E-state index contributed by atoms with van der Waals surface area (Å²) in [4.78, 5) is 0. The lowest BCUT2D eigenvalue weighted by molar-refractivity contribution is 0.121. The molecular formula is C11H14ClNO. The fourth-order valence-electron chi connectivity index (χ4n) is 1.71. The van der Waals surface area contributed by atoms with E-state index in [1.165, 1.54) is 0 Å². The average molecular weight is 212 g/mol. The molecule has 0 radical (unpaired) electrons. The van der Waals surface area contributed by atoms with Gasteiger partial charge in [0.1, 0.15) is 0 Å². The van der Waals surface area contributed by atoms with Gasteiger partial charge in [0.05, 0.1) is 12.1 Å². The molecule has 1 fully saturated rings. The second-order valence-corrected chi connectivity index (χ2v) is 4.06. The van der Waals surface area contributed by atoms with Crippen LogP contribution in [0.5, 0.6) is 0 Å². The van der Waals surface area contributed by atoms with Crippen LogP contribution in [0.4, 0.5) is 5.69 Å². The summed E-state index contributed by atoms with van der Waals surface area (Å²) in [7, 11) is 0.